The van der Waals surface area contributed by atoms with Crippen LogP contribution in [0.5, 0.6) is 5.75 Å². The van der Waals surface area contributed by atoms with Gasteiger partial charge < -0.3 is 10.1 Å². The van der Waals surface area contributed by atoms with E-state index in [-0.39, 0.29) is 11.7 Å². The van der Waals surface area contributed by atoms with Gasteiger partial charge in [-0.1, -0.05) is 13.3 Å². The van der Waals surface area contributed by atoms with Gasteiger partial charge in [-0.3, -0.25) is 9.59 Å². The van der Waals surface area contributed by atoms with Crippen molar-refractivity contribution in [3.05, 3.63) is 74.1 Å². The average molecular weight is 400 g/mol. The van der Waals surface area contributed by atoms with Crippen LogP contribution in [-0.2, 0) is 6.54 Å². The molecule has 3 rings (SSSR count). The van der Waals surface area contributed by atoms with E-state index >= 15 is 0 Å². The van der Waals surface area contributed by atoms with Gasteiger partial charge in [0.25, 0.3) is 5.91 Å². The molecule has 1 N–H and O–H groups in total. The summed E-state index contributed by atoms with van der Waals surface area (Å²) in [6, 6.07) is 12.7. The third kappa shape index (κ3) is 5.28. The first-order valence-corrected chi connectivity index (χ1v) is 10.6. The summed E-state index contributed by atoms with van der Waals surface area (Å²) in [7, 11) is 0. The maximum atomic E-state index is 12.3. The number of unbranched alkanes of at least 4 members (excludes halogenated alkanes) is 1. The summed E-state index contributed by atoms with van der Waals surface area (Å²) in [4.78, 5) is 26.3. The predicted molar refractivity (Wildman–Crippen MR) is 110 cm³/mol. The number of ketones is 1. The molecule has 0 aliphatic heterocycles. The van der Waals surface area contributed by atoms with E-state index in [9.17, 15) is 9.59 Å². The number of rotatable bonds is 9. The number of hydrogen-bond acceptors (Lipinski definition) is 5. The normalized spacial score (nSPS) is 10.6. The van der Waals surface area contributed by atoms with Crippen LogP contribution < -0.4 is 10.1 Å². The van der Waals surface area contributed by atoms with E-state index in [0.29, 0.717) is 29.2 Å². The highest BCUT2D eigenvalue weighted by Crippen LogP contribution is 2.21. The quantitative estimate of drug-likeness (QED) is 0.400. The number of carbonyl (C=O) groups excluding carboxylic acids is 2. The van der Waals surface area contributed by atoms with Crippen molar-refractivity contribution in [2.24, 2.45) is 0 Å². The molecule has 140 valence electrons. The number of ether oxygens (including phenoxy) is 1. The molecule has 4 nitrogen and oxygen atoms in total. The van der Waals surface area contributed by atoms with Crippen LogP contribution in [-0.4, -0.2) is 18.3 Å². The maximum Gasteiger partial charge on any atom is 0.251 e. The van der Waals surface area contributed by atoms with Crippen LogP contribution in [0.4, 0.5) is 0 Å². The van der Waals surface area contributed by atoms with Crippen molar-refractivity contribution in [2.75, 3.05) is 6.61 Å². The monoisotopic (exact) mass is 399 g/mol. The summed E-state index contributed by atoms with van der Waals surface area (Å²) in [6.07, 6.45) is 2.10. The Morgan fingerprint density at radius 2 is 1.85 bits per heavy atom. The largest absolute Gasteiger partial charge is 0.494 e. The average Bonchev–Trinajstić information content (AvgIpc) is 3.38. The molecule has 0 aliphatic rings. The van der Waals surface area contributed by atoms with Gasteiger partial charge in [-0.05, 0) is 54.3 Å². The van der Waals surface area contributed by atoms with Crippen molar-refractivity contribution in [1.82, 2.24) is 5.32 Å². The van der Waals surface area contributed by atoms with E-state index < -0.39 is 0 Å². The Morgan fingerprint density at radius 3 is 2.56 bits per heavy atom. The third-order valence-corrected chi connectivity index (χ3v) is 5.74. The highest BCUT2D eigenvalue weighted by atomic mass is 32.1. The van der Waals surface area contributed by atoms with Gasteiger partial charge in [0, 0.05) is 21.4 Å². The van der Waals surface area contributed by atoms with Crippen LogP contribution in [0.2, 0.25) is 0 Å². The molecule has 0 spiro atoms. The molecule has 1 aromatic carbocycles. The number of carbonyl (C=O) groups is 2. The molecule has 0 saturated carbocycles. The highest BCUT2D eigenvalue weighted by molar-refractivity contribution is 7.14. The standard InChI is InChI=1S/C21H21NO3S2/c1-2-3-11-25-17-6-4-15(5-7-17)21(24)22-13-18-8-9-19(27-18)20(23)16-10-12-26-14-16/h4-10,12,14H,2-3,11,13H2,1H3,(H,22,24). The van der Waals surface area contributed by atoms with Gasteiger partial charge in [-0.2, -0.15) is 11.3 Å². The summed E-state index contributed by atoms with van der Waals surface area (Å²) in [5.74, 6) is 0.654. The number of nitrogens with one attached hydrogen (secondary N) is 1. The van der Waals surface area contributed by atoms with E-state index in [1.165, 1.54) is 22.7 Å². The minimum atomic E-state index is -0.144. The van der Waals surface area contributed by atoms with Gasteiger partial charge in [-0.25, -0.2) is 0 Å². The second kappa shape index (κ2) is 9.48. The summed E-state index contributed by atoms with van der Waals surface area (Å²) < 4.78 is 5.60. The van der Waals surface area contributed by atoms with Gasteiger partial charge in [0.2, 0.25) is 5.78 Å². The van der Waals surface area contributed by atoms with Crippen molar-refractivity contribution < 1.29 is 14.3 Å². The molecule has 2 aromatic heterocycles. The zero-order valence-corrected chi connectivity index (χ0v) is 16.7. The van der Waals surface area contributed by atoms with Crippen LogP contribution in [0.25, 0.3) is 0 Å². The van der Waals surface area contributed by atoms with Crippen LogP contribution in [0.15, 0.2) is 53.2 Å². The number of amides is 1. The van der Waals surface area contributed by atoms with Crippen molar-refractivity contribution in [3.63, 3.8) is 0 Å². The van der Waals surface area contributed by atoms with Crippen LogP contribution in [0.1, 0.15) is 50.2 Å². The van der Waals surface area contributed by atoms with E-state index in [4.69, 9.17) is 4.74 Å². The number of thiophene rings is 2. The van der Waals surface area contributed by atoms with Crippen molar-refractivity contribution >= 4 is 34.4 Å². The van der Waals surface area contributed by atoms with Crippen molar-refractivity contribution in [1.29, 1.82) is 0 Å². The second-order valence-corrected chi connectivity index (χ2v) is 7.96. The molecule has 0 saturated heterocycles. The fourth-order valence-corrected chi connectivity index (χ4v) is 3.98. The molecular weight excluding hydrogens is 378 g/mol. The van der Waals surface area contributed by atoms with E-state index in [1.54, 1.807) is 12.1 Å². The van der Waals surface area contributed by atoms with E-state index in [0.717, 1.165) is 23.5 Å². The zero-order valence-electron chi connectivity index (χ0n) is 15.1. The number of hydrogen-bond donors (Lipinski definition) is 1. The fraction of sp³-hybridized carbons (Fsp3) is 0.238. The first kappa shape index (κ1) is 19.3. The molecule has 27 heavy (non-hydrogen) atoms. The minimum Gasteiger partial charge on any atom is -0.494 e. The van der Waals surface area contributed by atoms with Crippen LogP contribution in [0.3, 0.4) is 0 Å². The Balaban J connectivity index is 1.52. The third-order valence-electron chi connectivity index (χ3n) is 3.98. The lowest BCUT2D eigenvalue weighted by Crippen LogP contribution is -2.22. The summed E-state index contributed by atoms with van der Waals surface area (Å²) in [5, 5.41) is 6.63. The van der Waals surface area contributed by atoms with E-state index in [1.807, 2.05) is 41.1 Å². The predicted octanol–water partition coefficient (Wildman–Crippen LogP) is 5.15. The first-order valence-electron chi connectivity index (χ1n) is 8.84. The highest BCUT2D eigenvalue weighted by Gasteiger charge is 2.13. The molecule has 2 heterocycles. The van der Waals surface area contributed by atoms with Crippen LogP contribution >= 0.6 is 22.7 Å². The molecule has 0 unspecified atom stereocenters. The molecule has 0 aliphatic carbocycles. The lowest BCUT2D eigenvalue weighted by Gasteiger charge is -2.07. The number of benzene rings is 1. The summed E-state index contributed by atoms with van der Waals surface area (Å²) in [5.41, 5.74) is 1.29. The second-order valence-electron chi connectivity index (χ2n) is 6.02. The molecule has 1 amide bonds. The Hall–Kier alpha value is -2.44. The van der Waals surface area contributed by atoms with Gasteiger partial charge in [-0.15, -0.1) is 11.3 Å². The van der Waals surface area contributed by atoms with Gasteiger partial charge in [0.1, 0.15) is 5.75 Å². The van der Waals surface area contributed by atoms with Crippen molar-refractivity contribution in [3.8, 4) is 5.75 Å². The Labute approximate surface area is 166 Å². The smallest absolute Gasteiger partial charge is 0.251 e. The van der Waals surface area contributed by atoms with E-state index in [2.05, 4.69) is 12.2 Å². The zero-order chi connectivity index (χ0) is 19.1. The maximum absolute atomic E-state index is 12.3. The Kier molecular flexibility index (Phi) is 6.79. The van der Waals surface area contributed by atoms with Gasteiger partial charge in [0.15, 0.2) is 0 Å². The molecule has 0 fully saturated rings. The van der Waals surface area contributed by atoms with Gasteiger partial charge in [0.05, 0.1) is 18.0 Å². The molecule has 6 heteroatoms. The minimum absolute atomic E-state index is 0.0255. The molecule has 3 aromatic rings. The first-order chi connectivity index (χ1) is 13.2. The lowest BCUT2D eigenvalue weighted by atomic mass is 10.2. The fourth-order valence-electron chi connectivity index (χ4n) is 2.44. The molecular formula is C21H21NO3S2. The van der Waals surface area contributed by atoms with Crippen molar-refractivity contribution in [2.45, 2.75) is 26.3 Å². The SMILES string of the molecule is CCCCOc1ccc(C(=O)NCc2ccc(C(=O)c3ccsc3)s2)cc1. The van der Waals surface area contributed by atoms with Crippen LogP contribution in [0, 0.1) is 0 Å². The summed E-state index contributed by atoms with van der Waals surface area (Å²) in [6.45, 7) is 3.20. The molecule has 0 bridgehead atoms. The lowest BCUT2D eigenvalue weighted by molar-refractivity contribution is 0.0950. The molecule has 0 atom stereocenters. The Bertz CT molecular complexity index is 883. The topological polar surface area (TPSA) is 55.4 Å². The molecule has 0 radical (unpaired) electrons. The Morgan fingerprint density at radius 1 is 1.04 bits per heavy atom. The van der Waals surface area contributed by atoms with Gasteiger partial charge >= 0.3 is 0 Å². The summed E-state index contributed by atoms with van der Waals surface area (Å²) >= 11 is 2.92.